The van der Waals surface area contributed by atoms with Crippen molar-refractivity contribution in [1.29, 1.82) is 0 Å². The summed E-state index contributed by atoms with van der Waals surface area (Å²) in [6.45, 7) is 5.41. The Labute approximate surface area is 235 Å². The molecule has 2 atom stereocenters. The Balaban J connectivity index is 1.38. The van der Waals surface area contributed by atoms with Gasteiger partial charge in [0, 0.05) is 43.2 Å². The first-order chi connectivity index (χ1) is 18.5. The van der Waals surface area contributed by atoms with Gasteiger partial charge in [0.2, 0.25) is 11.8 Å². The van der Waals surface area contributed by atoms with Crippen molar-refractivity contribution in [2.24, 2.45) is 5.92 Å². The number of thiocarbonyl (C=S) groups is 1. The quantitative estimate of drug-likeness (QED) is 0.283. The van der Waals surface area contributed by atoms with Gasteiger partial charge in [-0.1, -0.05) is 23.7 Å². The summed E-state index contributed by atoms with van der Waals surface area (Å²) >= 11 is 10.9. The SMILES string of the molecule is C[C@@H]1CN(Cc2ccc(F)cc2)[C@@H](C)CN1C(=O)COc1ccc(Cl)cc1C(=O)CC1C(=O)NC(=S)NC1=O. The van der Waals surface area contributed by atoms with Crippen LogP contribution in [0.4, 0.5) is 4.39 Å². The van der Waals surface area contributed by atoms with Crippen molar-refractivity contribution >= 4 is 52.4 Å². The number of carbonyl (C=O) groups excluding carboxylic acids is 4. The fourth-order valence-electron chi connectivity index (χ4n) is 4.69. The van der Waals surface area contributed by atoms with Crippen LogP contribution >= 0.6 is 23.8 Å². The van der Waals surface area contributed by atoms with Gasteiger partial charge in [-0.3, -0.25) is 24.1 Å². The molecule has 2 N–H and O–H groups in total. The Hall–Kier alpha value is -3.41. The molecule has 2 aliphatic rings. The molecule has 2 aromatic carbocycles. The van der Waals surface area contributed by atoms with Gasteiger partial charge in [-0.15, -0.1) is 0 Å². The zero-order valence-corrected chi connectivity index (χ0v) is 23.0. The molecule has 2 fully saturated rings. The summed E-state index contributed by atoms with van der Waals surface area (Å²) in [7, 11) is 0. The number of ketones is 1. The van der Waals surface area contributed by atoms with Crippen molar-refractivity contribution in [3.8, 4) is 5.75 Å². The predicted octanol–water partition coefficient (Wildman–Crippen LogP) is 2.70. The van der Waals surface area contributed by atoms with E-state index < -0.39 is 29.9 Å². The Morgan fingerprint density at radius 2 is 1.72 bits per heavy atom. The molecule has 4 rings (SSSR count). The number of ether oxygens (including phenoxy) is 1. The van der Waals surface area contributed by atoms with E-state index in [-0.39, 0.29) is 51.9 Å². The van der Waals surface area contributed by atoms with E-state index in [1.54, 1.807) is 17.0 Å². The molecule has 9 nitrogen and oxygen atoms in total. The number of halogens is 2. The highest BCUT2D eigenvalue weighted by atomic mass is 35.5. The van der Waals surface area contributed by atoms with Gasteiger partial charge < -0.3 is 20.3 Å². The molecule has 0 spiro atoms. The first-order valence-electron chi connectivity index (χ1n) is 12.4. The van der Waals surface area contributed by atoms with E-state index in [4.69, 9.17) is 28.6 Å². The zero-order chi connectivity index (χ0) is 28.3. The van der Waals surface area contributed by atoms with Crippen molar-refractivity contribution in [1.82, 2.24) is 20.4 Å². The molecule has 0 aromatic heterocycles. The van der Waals surface area contributed by atoms with E-state index in [1.165, 1.54) is 30.3 Å². The standard InChI is InChI=1S/C27H28ClFN4O5S/c1-15-12-33(16(2)11-32(15)13-17-3-6-19(29)7-4-17)24(35)14-38-23-8-5-18(28)9-20(23)22(34)10-21-25(36)30-27(39)31-26(21)37/h3-9,15-16,21H,10-14H2,1-2H3,(H2,30,31,36,37,39)/t15-,16+/m0/s1. The molecule has 0 saturated carbocycles. The molecule has 0 aliphatic carbocycles. The van der Waals surface area contributed by atoms with Crippen LogP contribution in [0.2, 0.25) is 5.02 Å². The number of rotatable bonds is 8. The lowest BCUT2D eigenvalue weighted by molar-refractivity contribution is -0.139. The number of nitrogens with one attached hydrogen (secondary N) is 2. The largest absolute Gasteiger partial charge is 0.483 e. The van der Waals surface area contributed by atoms with Gasteiger partial charge in [-0.25, -0.2) is 4.39 Å². The number of nitrogens with zero attached hydrogens (tertiary/aromatic N) is 2. The van der Waals surface area contributed by atoms with Crippen LogP contribution in [0.1, 0.15) is 36.2 Å². The monoisotopic (exact) mass is 574 g/mol. The molecule has 2 aromatic rings. The van der Waals surface area contributed by atoms with Crippen molar-refractivity contribution in [2.75, 3.05) is 19.7 Å². The normalized spacial score (nSPS) is 20.4. The molecule has 0 unspecified atom stereocenters. The highest BCUT2D eigenvalue weighted by Gasteiger charge is 2.36. The zero-order valence-electron chi connectivity index (χ0n) is 21.4. The predicted molar refractivity (Wildman–Crippen MR) is 146 cm³/mol. The second kappa shape index (κ2) is 12.2. The maximum absolute atomic E-state index is 13.2. The first kappa shape index (κ1) is 28.6. The van der Waals surface area contributed by atoms with Gasteiger partial charge in [0.1, 0.15) is 17.5 Å². The number of carbonyl (C=O) groups is 4. The fraction of sp³-hybridized carbons (Fsp3) is 0.370. The molecule has 0 bridgehead atoms. The van der Waals surface area contributed by atoms with Crippen LogP contribution in [0.5, 0.6) is 5.75 Å². The molecule has 3 amide bonds. The van der Waals surface area contributed by atoms with E-state index in [1.807, 2.05) is 13.8 Å². The Morgan fingerprint density at radius 1 is 1.05 bits per heavy atom. The highest BCUT2D eigenvalue weighted by molar-refractivity contribution is 7.80. The van der Waals surface area contributed by atoms with Crippen LogP contribution < -0.4 is 15.4 Å². The number of hydrogen-bond acceptors (Lipinski definition) is 7. The van der Waals surface area contributed by atoms with E-state index in [9.17, 15) is 23.6 Å². The minimum atomic E-state index is -1.26. The number of piperazine rings is 1. The summed E-state index contributed by atoms with van der Waals surface area (Å²) in [4.78, 5) is 54.5. The summed E-state index contributed by atoms with van der Waals surface area (Å²) in [6.07, 6.45) is -0.421. The maximum atomic E-state index is 13.2. The van der Waals surface area contributed by atoms with Crippen molar-refractivity contribution in [2.45, 2.75) is 38.9 Å². The van der Waals surface area contributed by atoms with Gasteiger partial charge in [-0.2, -0.15) is 0 Å². The van der Waals surface area contributed by atoms with Crippen LogP contribution in [0.25, 0.3) is 0 Å². The number of benzene rings is 2. The minimum absolute atomic E-state index is 0.0588. The molecule has 39 heavy (non-hydrogen) atoms. The lowest BCUT2D eigenvalue weighted by Gasteiger charge is -2.44. The van der Waals surface area contributed by atoms with E-state index >= 15 is 0 Å². The van der Waals surface area contributed by atoms with E-state index in [0.717, 1.165) is 5.56 Å². The summed E-state index contributed by atoms with van der Waals surface area (Å²) in [6, 6.07) is 10.7. The lowest BCUT2D eigenvalue weighted by Crippen LogP contribution is -2.58. The highest BCUT2D eigenvalue weighted by Crippen LogP contribution is 2.27. The second-order valence-electron chi connectivity index (χ2n) is 9.72. The van der Waals surface area contributed by atoms with Crippen molar-refractivity contribution in [3.05, 3.63) is 64.4 Å². The average molecular weight is 575 g/mol. The molecule has 2 heterocycles. The molecule has 2 saturated heterocycles. The molecule has 206 valence electrons. The maximum Gasteiger partial charge on any atom is 0.260 e. The number of Topliss-reactive ketones (excluding diaryl/α,β-unsaturated/α-hetero) is 1. The third-order valence-corrected chi connectivity index (χ3v) is 7.26. The fourth-order valence-corrected chi connectivity index (χ4v) is 5.06. The Kier molecular flexibility index (Phi) is 8.94. The van der Waals surface area contributed by atoms with Crippen molar-refractivity contribution < 1.29 is 28.3 Å². The van der Waals surface area contributed by atoms with Gasteiger partial charge in [0.25, 0.3) is 5.91 Å². The lowest BCUT2D eigenvalue weighted by atomic mass is 9.95. The third kappa shape index (κ3) is 6.97. The molecule has 12 heteroatoms. The summed E-state index contributed by atoms with van der Waals surface area (Å²) in [5, 5.41) is 4.80. The third-order valence-electron chi connectivity index (χ3n) is 6.82. The summed E-state index contributed by atoms with van der Waals surface area (Å²) in [5.74, 6) is -3.54. The topological polar surface area (TPSA) is 108 Å². The van der Waals surface area contributed by atoms with Crippen LogP contribution in [0, 0.1) is 11.7 Å². The minimum Gasteiger partial charge on any atom is -0.483 e. The summed E-state index contributed by atoms with van der Waals surface area (Å²) < 4.78 is 19.0. The number of hydrogen-bond donors (Lipinski definition) is 2. The Bertz CT molecular complexity index is 1290. The molecule has 2 aliphatic heterocycles. The van der Waals surface area contributed by atoms with Gasteiger partial charge in [0.15, 0.2) is 17.5 Å². The van der Waals surface area contributed by atoms with Crippen LogP contribution in [0.15, 0.2) is 42.5 Å². The average Bonchev–Trinajstić information content (AvgIpc) is 2.88. The van der Waals surface area contributed by atoms with Crippen LogP contribution in [0.3, 0.4) is 0 Å². The second-order valence-corrected chi connectivity index (χ2v) is 10.6. The van der Waals surface area contributed by atoms with E-state index in [0.29, 0.717) is 19.6 Å². The van der Waals surface area contributed by atoms with Gasteiger partial charge >= 0.3 is 0 Å². The van der Waals surface area contributed by atoms with Crippen LogP contribution in [-0.4, -0.2) is 70.2 Å². The van der Waals surface area contributed by atoms with E-state index in [2.05, 4.69) is 15.5 Å². The van der Waals surface area contributed by atoms with Gasteiger partial charge in [0.05, 0.1) is 5.56 Å². The van der Waals surface area contributed by atoms with Crippen molar-refractivity contribution in [3.63, 3.8) is 0 Å². The van der Waals surface area contributed by atoms with Gasteiger partial charge in [-0.05, 0) is 62.0 Å². The first-order valence-corrected chi connectivity index (χ1v) is 13.2. The van der Waals surface area contributed by atoms with Crippen LogP contribution in [-0.2, 0) is 20.9 Å². The Morgan fingerprint density at radius 3 is 2.38 bits per heavy atom. The summed E-state index contributed by atoms with van der Waals surface area (Å²) in [5.41, 5.74) is 1.05. The molecular weight excluding hydrogens is 547 g/mol. The molecular formula is C27H28ClFN4O5S. The number of amides is 3. The molecule has 0 radical (unpaired) electrons. The smallest absolute Gasteiger partial charge is 0.260 e.